The number of carboxylic acid groups (broad SMARTS) is 1. The molecule has 0 aliphatic heterocycles. The molecule has 0 amide bonds. The van der Waals surface area contributed by atoms with Crippen molar-refractivity contribution in [2.24, 2.45) is 0 Å². The molecule has 0 unspecified atom stereocenters. The monoisotopic (exact) mass is 313 g/mol. The Morgan fingerprint density at radius 1 is 1.41 bits per heavy atom. The lowest BCUT2D eigenvalue weighted by molar-refractivity contribution is -0.131. The molecule has 0 aliphatic rings. The van der Waals surface area contributed by atoms with E-state index < -0.39 is 11.5 Å². The van der Waals surface area contributed by atoms with Crippen LogP contribution in [0.2, 0.25) is 0 Å². The Morgan fingerprint density at radius 3 is 2.64 bits per heavy atom. The summed E-state index contributed by atoms with van der Waals surface area (Å²) < 4.78 is 0. The highest BCUT2D eigenvalue weighted by Crippen LogP contribution is 2.21. The Balaban J connectivity index is 2.48. The zero-order valence-electron chi connectivity index (χ0n) is 11.5. The molecule has 0 aliphatic carbocycles. The number of H-pyrrole nitrogens is 1. The van der Waals surface area contributed by atoms with Crippen molar-refractivity contribution < 1.29 is 9.90 Å². The molecule has 0 saturated heterocycles. The minimum absolute atomic E-state index is 0.0494. The first-order valence-corrected chi connectivity index (χ1v) is 7.37. The molecule has 0 saturated carbocycles. The van der Waals surface area contributed by atoms with E-state index in [0.717, 1.165) is 6.08 Å². The average molecular weight is 313 g/mol. The second-order valence-corrected chi connectivity index (χ2v) is 5.00. The second-order valence-electron chi connectivity index (χ2n) is 4.20. The van der Waals surface area contributed by atoms with E-state index in [1.807, 2.05) is 6.07 Å². The van der Waals surface area contributed by atoms with Gasteiger partial charge in [0.15, 0.2) is 5.16 Å². The standard InChI is InChI=1S/C15H11N3O3S/c1-22-15-17-13(11(8-16)14(21)18-15)10-5-2-9(3-6-10)4-7-12(19)20/h2-7H,1H3,(H,19,20)(H,17,18,21). The van der Waals surface area contributed by atoms with Crippen LogP contribution >= 0.6 is 11.8 Å². The lowest BCUT2D eigenvalue weighted by atomic mass is 10.1. The van der Waals surface area contributed by atoms with Crippen LogP contribution in [-0.4, -0.2) is 27.3 Å². The van der Waals surface area contributed by atoms with E-state index in [1.54, 1.807) is 30.5 Å². The van der Waals surface area contributed by atoms with Gasteiger partial charge in [-0.05, 0) is 17.9 Å². The number of hydrogen-bond donors (Lipinski definition) is 2. The molecule has 0 fully saturated rings. The van der Waals surface area contributed by atoms with Gasteiger partial charge in [-0.3, -0.25) is 4.79 Å². The number of nitriles is 1. The van der Waals surface area contributed by atoms with Crippen LogP contribution in [0.1, 0.15) is 11.1 Å². The minimum Gasteiger partial charge on any atom is -0.478 e. The predicted octanol–water partition coefficient (Wildman–Crippen LogP) is 2.13. The molecule has 0 spiro atoms. The van der Waals surface area contributed by atoms with E-state index in [0.29, 0.717) is 22.0 Å². The van der Waals surface area contributed by atoms with Gasteiger partial charge in [0, 0.05) is 11.6 Å². The fraction of sp³-hybridized carbons (Fsp3) is 0.0667. The fourth-order valence-electron chi connectivity index (χ4n) is 1.78. The number of aliphatic carboxylic acids is 1. The number of thioether (sulfide) groups is 1. The Bertz CT molecular complexity index is 833. The molecular weight excluding hydrogens is 302 g/mol. The summed E-state index contributed by atoms with van der Waals surface area (Å²) in [4.78, 5) is 29.1. The summed E-state index contributed by atoms with van der Waals surface area (Å²) in [6.45, 7) is 0. The van der Waals surface area contributed by atoms with Crippen molar-refractivity contribution in [3.63, 3.8) is 0 Å². The third-order valence-corrected chi connectivity index (χ3v) is 3.39. The second kappa shape index (κ2) is 6.74. The van der Waals surface area contributed by atoms with Crippen molar-refractivity contribution in [2.45, 2.75) is 5.16 Å². The Hall–Kier alpha value is -2.85. The van der Waals surface area contributed by atoms with Gasteiger partial charge >= 0.3 is 5.97 Å². The Labute approximate surface area is 130 Å². The Morgan fingerprint density at radius 2 is 2.09 bits per heavy atom. The van der Waals surface area contributed by atoms with E-state index in [4.69, 9.17) is 10.4 Å². The number of benzene rings is 1. The van der Waals surface area contributed by atoms with Gasteiger partial charge in [-0.25, -0.2) is 9.78 Å². The molecule has 1 heterocycles. The molecule has 2 N–H and O–H groups in total. The highest BCUT2D eigenvalue weighted by molar-refractivity contribution is 7.98. The molecule has 0 radical (unpaired) electrons. The van der Waals surface area contributed by atoms with Crippen molar-refractivity contribution in [3.05, 3.63) is 51.8 Å². The molecule has 0 atom stereocenters. The maximum Gasteiger partial charge on any atom is 0.328 e. The summed E-state index contributed by atoms with van der Waals surface area (Å²) in [5.74, 6) is -1.03. The van der Waals surface area contributed by atoms with E-state index in [9.17, 15) is 9.59 Å². The summed E-state index contributed by atoms with van der Waals surface area (Å²) in [7, 11) is 0. The van der Waals surface area contributed by atoms with Crippen LogP contribution < -0.4 is 5.56 Å². The lowest BCUT2D eigenvalue weighted by Crippen LogP contribution is -2.14. The zero-order valence-corrected chi connectivity index (χ0v) is 12.3. The molecule has 6 nitrogen and oxygen atoms in total. The summed E-state index contributed by atoms with van der Waals surface area (Å²) >= 11 is 1.27. The largest absolute Gasteiger partial charge is 0.478 e. The highest BCUT2D eigenvalue weighted by atomic mass is 32.2. The normalized spacial score (nSPS) is 10.5. The summed E-state index contributed by atoms with van der Waals surface area (Å²) in [5, 5.41) is 18.1. The van der Waals surface area contributed by atoms with Crippen molar-refractivity contribution in [3.8, 4) is 17.3 Å². The number of carbonyl (C=O) groups is 1. The van der Waals surface area contributed by atoms with E-state index in [-0.39, 0.29) is 5.56 Å². The van der Waals surface area contributed by atoms with Gasteiger partial charge in [-0.1, -0.05) is 36.0 Å². The van der Waals surface area contributed by atoms with Crippen LogP contribution in [0.5, 0.6) is 0 Å². The maximum absolute atomic E-state index is 11.9. The van der Waals surface area contributed by atoms with E-state index in [2.05, 4.69) is 9.97 Å². The summed E-state index contributed by atoms with van der Waals surface area (Å²) in [6.07, 6.45) is 4.26. The topological polar surface area (TPSA) is 107 Å². The first-order valence-electron chi connectivity index (χ1n) is 6.15. The van der Waals surface area contributed by atoms with Crippen molar-refractivity contribution >= 4 is 23.8 Å². The number of nitrogens with one attached hydrogen (secondary N) is 1. The molecule has 7 heteroatoms. The number of hydrogen-bond acceptors (Lipinski definition) is 5. The predicted molar refractivity (Wildman–Crippen MR) is 83.5 cm³/mol. The molecule has 22 heavy (non-hydrogen) atoms. The molecule has 1 aromatic heterocycles. The van der Waals surface area contributed by atoms with Crippen LogP contribution in [0.15, 0.2) is 40.3 Å². The molecule has 0 bridgehead atoms. The average Bonchev–Trinajstić information content (AvgIpc) is 2.52. The van der Waals surface area contributed by atoms with Gasteiger partial charge in [-0.2, -0.15) is 5.26 Å². The lowest BCUT2D eigenvalue weighted by Gasteiger charge is -2.05. The molecular formula is C15H11N3O3S. The van der Waals surface area contributed by atoms with Gasteiger partial charge in [0.2, 0.25) is 0 Å². The molecule has 1 aromatic carbocycles. The Kier molecular flexibility index (Phi) is 4.76. The third-order valence-electron chi connectivity index (χ3n) is 2.81. The van der Waals surface area contributed by atoms with Gasteiger partial charge in [0.05, 0.1) is 5.69 Å². The smallest absolute Gasteiger partial charge is 0.328 e. The van der Waals surface area contributed by atoms with E-state index >= 15 is 0 Å². The van der Waals surface area contributed by atoms with Gasteiger partial charge < -0.3 is 10.1 Å². The van der Waals surface area contributed by atoms with Crippen molar-refractivity contribution in [1.82, 2.24) is 9.97 Å². The maximum atomic E-state index is 11.9. The van der Waals surface area contributed by atoms with Gasteiger partial charge in [0.1, 0.15) is 11.6 Å². The first-order chi connectivity index (χ1) is 10.5. The quantitative estimate of drug-likeness (QED) is 0.508. The SMILES string of the molecule is CSc1nc(-c2ccc(C=CC(=O)O)cc2)c(C#N)c(=O)[nH]1. The van der Waals surface area contributed by atoms with Gasteiger partial charge in [0.25, 0.3) is 5.56 Å². The molecule has 2 rings (SSSR count). The fourth-order valence-corrected chi connectivity index (χ4v) is 2.16. The van der Waals surface area contributed by atoms with Crippen LogP contribution in [-0.2, 0) is 4.79 Å². The van der Waals surface area contributed by atoms with Crippen LogP contribution in [0.4, 0.5) is 0 Å². The van der Waals surface area contributed by atoms with Crippen LogP contribution in [0.3, 0.4) is 0 Å². The third kappa shape index (κ3) is 3.42. The first kappa shape index (κ1) is 15.5. The number of nitrogens with zero attached hydrogens (tertiary/aromatic N) is 2. The van der Waals surface area contributed by atoms with Crippen LogP contribution in [0.25, 0.3) is 17.3 Å². The minimum atomic E-state index is -1.03. The summed E-state index contributed by atoms with van der Waals surface area (Å²) in [6, 6.07) is 8.62. The van der Waals surface area contributed by atoms with E-state index in [1.165, 1.54) is 17.8 Å². The molecule has 110 valence electrons. The molecule has 2 aromatic rings. The number of rotatable bonds is 4. The number of carboxylic acids is 1. The van der Waals surface area contributed by atoms with Crippen molar-refractivity contribution in [2.75, 3.05) is 6.26 Å². The summed E-state index contributed by atoms with van der Waals surface area (Å²) in [5.41, 5.74) is 1.09. The van der Waals surface area contributed by atoms with Crippen molar-refractivity contribution in [1.29, 1.82) is 5.26 Å². The zero-order chi connectivity index (χ0) is 16.1. The highest BCUT2D eigenvalue weighted by Gasteiger charge is 2.12. The van der Waals surface area contributed by atoms with Crippen LogP contribution in [0, 0.1) is 11.3 Å². The number of aromatic amines is 1. The number of aromatic nitrogens is 2. The van der Waals surface area contributed by atoms with Gasteiger partial charge in [-0.15, -0.1) is 0 Å².